The Hall–Kier alpha value is -1.10. The Morgan fingerprint density at radius 3 is 2.77 bits per heavy atom. The standard InChI is InChI=1S/C8H7F3N2/c9-8(10,11)6-1-5-2-12-4-7(5)13-3-6/h1,3,12H,2,4H2/p+1. The lowest BCUT2D eigenvalue weighted by Crippen LogP contribution is -2.77. The van der Waals surface area contributed by atoms with Crippen LogP contribution in [0, 0.1) is 0 Å². The van der Waals surface area contributed by atoms with Crippen LogP contribution in [0.3, 0.4) is 0 Å². The molecule has 0 atom stereocenters. The number of alkyl halides is 3. The number of fused-ring (bicyclic) bond motifs is 1. The van der Waals surface area contributed by atoms with Gasteiger partial charge in [0.2, 0.25) is 0 Å². The fourth-order valence-electron chi connectivity index (χ4n) is 1.42. The topological polar surface area (TPSA) is 29.5 Å². The lowest BCUT2D eigenvalue weighted by molar-refractivity contribution is -0.676. The van der Waals surface area contributed by atoms with Crippen molar-refractivity contribution in [1.29, 1.82) is 0 Å². The fraction of sp³-hybridized carbons (Fsp3) is 0.375. The van der Waals surface area contributed by atoms with Gasteiger partial charge in [0.25, 0.3) is 0 Å². The van der Waals surface area contributed by atoms with Crippen molar-refractivity contribution in [3.63, 3.8) is 0 Å². The van der Waals surface area contributed by atoms with Crippen LogP contribution in [0.5, 0.6) is 0 Å². The van der Waals surface area contributed by atoms with Crippen LogP contribution in [-0.2, 0) is 19.3 Å². The minimum absolute atomic E-state index is 0.603. The van der Waals surface area contributed by atoms with E-state index in [9.17, 15) is 13.2 Å². The second kappa shape index (κ2) is 2.70. The molecule has 0 spiro atoms. The summed E-state index contributed by atoms with van der Waals surface area (Å²) in [6.45, 7) is 1.29. The first-order valence-electron chi connectivity index (χ1n) is 3.94. The van der Waals surface area contributed by atoms with E-state index in [1.807, 2.05) is 5.32 Å². The zero-order valence-electron chi connectivity index (χ0n) is 6.73. The summed E-state index contributed by atoms with van der Waals surface area (Å²) in [5.41, 5.74) is 0.823. The molecule has 70 valence electrons. The number of quaternary nitrogens is 1. The highest BCUT2D eigenvalue weighted by Gasteiger charge is 2.32. The average Bonchev–Trinajstić information content (AvgIpc) is 2.47. The Morgan fingerprint density at radius 2 is 2.08 bits per heavy atom. The molecule has 13 heavy (non-hydrogen) atoms. The average molecular weight is 189 g/mol. The molecule has 0 bridgehead atoms. The smallest absolute Gasteiger partial charge is 0.337 e. The van der Waals surface area contributed by atoms with Gasteiger partial charge < -0.3 is 5.32 Å². The molecule has 0 radical (unpaired) electrons. The van der Waals surface area contributed by atoms with Gasteiger partial charge in [-0.05, 0) is 6.07 Å². The van der Waals surface area contributed by atoms with Gasteiger partial charge in [-0.3, -0.25) is 4.98 Å². The van der Waals surface area contributed by atoms with Gasteiger partial charge >= 0.3 is 6.18 Å². The van der Waals surface area contributed by atoms with Crippen LogP contribution in [0.1, 0.15) is 16.8 Å². The molecular formula is C8H8F3N2+. The van der Waals surface area contributed by atoms with E-state index in [4.69, 9.17) is 0 Å². The largest absolute Gasteiger partial charge is 0.417 e. The summed E-state index contributed by atoms with van der Waals surface area (Å²) in [7, 11) is 0. The molecule has 0 aliphatic carbocycles. The van der Waals surface area contributed by atoms with Gasteiger partial charge in [-0.1, -0.05) is 0 Å². The number of rotatable bonds is 0. The van der Waals surface area contributed by atoms with Crippen molar-refractivity contribution in [1.82, 2.24) is 4.98 Å². The van der Waals surface area contributed by atoms with Crippen molar-refractivity contribution in [2.24, 2.45) is 0 Å². The highest BCUT2D eigenvalue weighted by atomic mass is 19.4. The Bertz CT molecular complexity index is 333. The van der Waals surface area contributed by atoms with Gasteiger partial charge in [0, 0.05) is 11.8 Å². The number of halogens is 3. The Balaban J connectivity index is 2.42. The number of nitrogens with two attached hydrogens (primary N) is 1. The molecule has 2 nitrogen and oxygen atoms in total. The Morgan fingerprint density at radius 1 is 1.31 bits per heavy atom. The first kappa shape index (κ1) is 8.50. The summed E-state index contributed by atoms with van der Waals surface area (Å²) < 4.78 is 36.6. The van der Waals surface area contributed by atoms with Gasteiger partial charge in [0.05, 0.1) is 5.56 Å². The van der Waals surface area contributed by atoms with Crippen LogP contribution in [0.4, 0.5) is 13.2 Å². The minimum atomic E-state index is -4.27. The molecule has 5 heteroatoms. The molecule has 2 heterocycles. The molecule has 0 fully saturated rings. The minimum Gasteiger partial charge on any atom is -0.337 e. The number of pyridine rings is 1. The number of nitrogens with zero attached hydrogens (tertiary/aromatic N) is 1. The molecule has 0 unspecified atom stereocenters. The maximum absolute atomic E-state index is 12.2. The van der Waals surface area contributed by atoms with Crippen LogP contribution in [0.15, 0.2) is 12.3 Å². The highest BCUT2D eigenvalue weighted by molar-refractivity contribution is 5.27. The zero-order chi connectivity index (χ0) is 9.47. The van der Waals surface area contributed by atoms with E-state index in [2.05, 4.69) is 4.98 Å². The first-order chi connectivity index (χ1) is 6.07. The maximum atomic E-state index is 12.2. The van der Waals surface area contributed by atoms with Crippen molar-refractivity contribution >= 4 is 0 Å². The van der Waals surface area contributed by atoms with E-state index in [0.717, 1.165) is 11.9 Å². The molecule has 0 aromatic carbocycles. The lowest BCUT2D eigenvalue weighted by Gasteiger charge is -2.05. The Labute approximate surface area is 72.8 Å². The third-order valence-electron chi connectivity index (χ3n) is 2.09. The van der Waals surface area contributed by atoms with E-state index in [1.54, 1.807) is 0 Å². The predicted molar refractivity (Wildman–Crippen MR) is 38.6 cm³/mol. The van der Waals surface area contributed by atoms with Gasteiger partial charge in [-0.25, -0.2) is 0 Å². The van der Waals surface area contributed by atoms with Gasteiger partial charge in [0.1, 0.15) is 18.8 Å². The molecule has 2 rings (SSSR count). The third kappa shape index (κ3) is 1.51. The lowest BCUT2D eigenvalue weighted by atomic mass is 10.1. The summed E-state index contributed by atoms with van der Waals surface area (Å²) in [6, 6.07) is 1.19. The van der Waals surface area contributed by atoms with Gasteiger partial charge in [-0.15, -0.1) is 0 Å². The molecule has 1 aliphatic rings. The van der Waals surface area contributed by atoms with Crippen molar-refractivity contribution in [2.45, 2.75) is 19.3 Å². The van der Waals surface area contributed by atoms with E-state index in [0.29, 0.717) is 18.7 Å². The number of hydrogen-bond donors (Lipinski definition) is 1. The quantitative estimate of drug-likeness (QED) is 0.638. The predicted octanol–water partition coefficient (Wildman–Crippen LogP) is 0.677. The van der Waals surface area contributed by atoms with Crippen molar-refractivity contribution in [3.8, 4) is 0 Å². The molecule has 0 saturated heterocycles. The molecule has 0 amide bonds. The van der Waals surface area contributed by atoms with Crippen molar-refractivity contribution in [2.75, 3.05) is 0 Å². The summed E-state index contributed by atoms with van der Waals surface area (Å²) in [5.74, 6) is 0. The van der Waals surface area contributed by atoms with Crippen LogP contribution in [-0.4, -0.2) is 4.98 Å². The molecule has 1 aromatic heterocycles. The highest BCUT2D eigenvalue weighted by Crippen LogP contribution is 2.29. The summed E-state index contributed by atoms with van der Waals surface area (Å²) in [4.78, 5) is 3.77. The molecule has 1 aliphatic heterocycles. The monoisotopic (exact) mass is 189 g/mol. The summed E-state index contributed by atoms with van der Waals surface area (Å²) >= 11 is 0. The van der Waals surface area contributed by atoms with Gasteiger partial charge in [-0.2, -0.15) is 13.2 Å². The first-order valence-corrected chi connectivity index (χ1v) is 3.94. The van der Waals surface area contributed by atoms with Crippen LogP contribution < -0.4 is 5.32 Å². The van der Waals surface area contributed by atoms with E-state index < -0.39 is 11.7 Å². The number of aromatic nitrogens is 1. The van der Waals surface area contributed by atoms with E-state index in [1.165, 1.54) is 6.07 Å². The zero-order valence-corrected chi connectivity index (χ0v) is 6.73. The molecule has 0 saturated carbocycles. The van der Waals surface area contributed by atoms with E-state index in [-0.39, 0.29) is 0 Å². The van der Waals surface area contributed by atoms with Crippen molar-refractivity contribution in [3.05, 3.63) is 29.1 Å². The van der Waals surface area contributed by atoms with Crippen LogP contribution in [0.2, 0.25) is 0 Å². The van der Waals surface area contributed by atoms with Crippen LogP contribution >= 0.6 is 0 Å². The summed E-state index contributed by atoms with van der Waals surface area (Å²) in [6.07, 6.45) is -3.37. The number of hydrogen-bond acceptors (Lipinski definition) is 1. The second-order valence-corrected chi connectivity index (χ2v) is 3.02. The van der Waals surface area contributed by atoms with E-state index >= 15 is 0 Å². The molecular weight excluding hydrogens is 181 g/mol. The second-order valence-electron chi connectivity index (χ2n) is 3.02. The van der Waals surface area contributed by atoms with Crippen molar-refractivity contribution < 1.29 is 18.5 Å². The van der Waals surface area contributed by atoms with Gasteiger partial charge in [0.15, 0.2) is 0 Å². The third-order valence-corrected chi connectivity index (χ3v) is 2.09. The molecule has 2 N–H and O–H groups in total. The SMILES string of the molecule is FC(F)(F)c1cnc2c(c1)C[NH2+]C2. The fourth-order valence-corrected chi connectivity index (χ4v) is 1.42. The maximum Gasteiger partial charge on any atom is 0.417 e. The summed E-state index contributed by atoms with van der Waals surface area (Å²) in [5, 5.41) is 1.93. The van der Waals surface area contributed by atoms with Crippen LogP contribution in [0.25, 0.3) is 0 Å². The normalized spacial score (nSPS) is 15.9. The molecule has 1 aromatic rings. The Kier molecular flexibility index (Phi) is 1.76.